The van der Waals surface area contributed by atoms with E-state index in [-0.39, 0.29) is 5.02 Å². The van der Waals surface area contributed by atoms with Gasteiger partial charge < -0.3 is 5.32 Å². The first-order chi connectivity index (χ1) is 6.65. The van der Waals surface area contributed by atoms with Crippen molar-refractivity contribution < 1.29 is 8.78 Å². The summed E-state index contributed by atoms with van der Waals surface area (Å²) in [7, 11) is 1.74. The molecule has 1 aromatic rings. The lowest BCUT2D eigenvalue weighted by Crippen LogP contribution is -2.04. The highest BCUT2D eigenvalue weighted by Crippen LogP contribution is 2.18. The Morgan fingerprint density at radius 2 is 2.00 bits per heavy atom. The van der Waals surface area contributed by atoms with Crippen molar-refractivity contribution in [3.05, 3.63) is 34.4 Å². The van der Waals surface area contributed by atoms with E-state index >= 15 is 0 Å². The molecule has 0 amide bonds. The molecular formula is C10H8ClF2N. The standard InChI is InChI=1S/C10H8ClF2N/c1-14-4-2-3-7-5-9(12)10(13)6-8(7)11/h5-6,14H,4H2,1H3. The predicted molar refractivity (Wildman–Crippen MR) is 52.2 cm³/mol. The minimum absolute atomic E-state index is 0.118. The van der Waals surface area contributed by atoms with Gasteiger partial charge in [-0.15, -0.1) is 0 Å². The van der Waals surface area contributed by atoms with Crippen LogP contribution in [0.25, 0.3) is 0 Å². The van der Waals surface area contributed by atoms with Crippen LogP contribution in [0.2, 0.25) is 5.02 Å². The molecule has 4 heteroatoms. The molecule has 0 unspecified atom stereocenters. The molecule has 0 aliphatic heterocycles. The molecule has 1 N–H and O–H groups in total. The maximum atomic E-state index is 12.8. The van der Waals surface area contributed by atoms with Crippen molar-refractivity contribution in [2.24, 2.45) is 0 Å². The van der Waals surface area contributed by atoms with Gasteiger partial charge in [-0.1, -0.05) is 23.4 Å². The van der Waals surface area contributed by atoms with Gasteiger partial charge in [0.25, 0.3) is 0 Å². The van der Waals surface area contributed by atoms with E-state index in [2.05, 4.69) is 17.2 Å². The van der Waals surface area contributed by atoms with Crippen LogP contribution in [0, 0.1) is 23.5 Å². The number of hydrogen-bond donors (Lipinski definition) is 1. The fourth-order valence-corrected chi connectivity index (χ4v) is 1.04. The van der Waals surface area contributed by atoms with E-state index in [0.29, 0.717) is 12.1 Å². The van der Waals surface area contributed by atoms with Gasteiger partial charge in [0.2, 0.25) is 0 Å². The zero-order valence-electron chi connectivity index (χ0n) is 7.50. The molecule has 0 aromatic heterocycles. The second kappa shape index (κ2) is 4.94. The first-order valence-electron chi connectivity index (χ1n) is 3.93. The van der Waals surface area contributed by atoms with Crippen molar-refractivity contribution in [3.63, 3.8) is 0 Å². The molecule has 0 bridgehead atoms. The van der Waals surface area contributed by atoms with Crippen molar-refractivity contribution in [3.8, 4) is 11.8 Å². The van der Waals surface area contributed by atoms with Crippen molar-refractivity contribution in [1.82, 2.24) is 5.32 Å². The van der Waals surface area contributed by atoms with Crippen LogP contribution in [-0.4, -0.2) is 13.6 Å². The summed E-state index contributed by atoms with van der Waals surface area (Å²) in [5.74, 6) is 3.43. The molecule has 0 heterocycles. The van der Waals surface area contributed by atoms with E-state index in [1.165, 1.54) is 0 Å². The Kier molecular flexibility index (Phi) is 3.87. The van der Waals surface area contributed by atoms with Crippen molar-refractivity contribution >= 4 is 11.6 Å². The summed E-state index contributed by atoms with van der Waals surface area (Å²) in [6.45, 7) is 0.468. The molecule has 0 atom stereocenters. The lowest BCUT2D eigenvalue weighted by Gasteiger charge is -1.97. The van der Waals surface area contributed by atoms with Crippen LogP contribution in [-0.2, 0) is 0 Å². The second-order valence-electron chi connectivity index (χ2n) is 2.58. The summed E-state index contributed by atoms with van der Waals surface area (Å²) < 4.78 is 25.4. The van der Waals surface area contributed by atoms with Crippen LogP contribution < -0.4 is 5.32 Å². The van der Waals surface area contributed by atoms with Gasteiger partial charge in [-0.2, -0.15) is 0 Å². The normalized spacial score (nSPS) is 9.43. The molecule has 0 aliphatic rings. The summed E-state index contributed by atoms with van der Waals surface area (Å²) in [6.07, 6.45) is 0. The third-order valence-corrected chi connectivity index (χ3v) is 1.81. The molecule has 0 spiro atoms. The number of hydrogen-bond acceptors (Lipinski definition) is 1. The highest BCUT2D eigenvalue weighted by molar-refractivity contribution is 6.31. The average Bonchev–Trinajstić information content (AvgIpc) is 2.14. The maximum Gasteiger partial charge on any atom is 0.160 e. The van der Waals surface area contributed by atoms with E-state index in [4.69, 9.17) is 11.6 Å². The highest BCUT2D eigenvalue weighted by Gasteiger charge is 2.05. The van der Waals surface area contributed by atoms with Crippen LogP contribution in [0.1, 0.15) is 5.56 Å². The molecule has 14 heavy (non-hydrogen) atoms. The summed E-state index contributed by atoms with van der Waals surface area (Å²) >= 11 is 5.65. The maximum absolute atomic E-state index is 12.8. The van der Waals surface area contributed by atoms with Crippen molar-refractivity contribution in [2.75, 3.05) is 13.6 Å². The Labute approximate surface area is 86.1 Å². The Bertz CT molecular complexity index is 393. The number of nitrogens with one attached hydrogen (secondary N) is 1. The first-order valence-corrected chi connectivity index (χ1v) is 4.31. The minimum Gasteiger partial charge on any atom is -0.309 e. The first kappa shape index (κ1) is 11.0. The van der Waals surface area contributed by atoms with E-state index in [1.807, 2.05) is 0 Å². The fraction of sp³-hybridized carbons (Fsp3) is 0.200. The van der Waals surface area contributed by atoms with Gasteiger partial charge in [0, 0.05) is 5.56 Å². The quantitative estimate of drug-likeness (QED) is 0.559. The van der Waals surface area contributed by atoms with Gasteiger partial charge in [0.1, 0.15) is 0 Å². The lowest BCUT2D eigenvalue weighted by atomic mass is 10.2. The smallest absolute Gasteiger partial charge is 0.160 e. The van der Waals surface area contributed by atoms with Crippen molar-refractivity contribution in [2.45, 2.75) is 0 Å². The van der Waals surface area contributed by atoms with Crippen molar-refractivity contribution in [1.29, 1.82) is 0 Å². The topological polar surface area (TPSA) is 12.0 Å². The highest BCUT2D eigenvalue weighted by atomic mass is 35.5. The Morgan fingerprint density at radius 3 is 2.64 bits per heavy atom. The monoisotopic (exact) mass is 215 g/mol. The molecule has 0 aliphatic carbocycles. The van der Waals surface area contributed by atoms with E-state index in [9.17, 15) is 8.78 Å². The molecule has 74 valence electrons. The Hall–Kier alpha value is -1.11. The summed E-state index contributed by atoms with van der Waals surface area (Å²) in [5.41, 5.74) is 0.292. The van der Waals surface area contributed by atoms with Gasteiger partial charge in [-0.05, 0) is 19.2 Å². The third-order valence-electron chi connectivity index (χ3n) is 1.50. The van der Waals surface area contributed by atoms with Gasteiger partial charge in [0.15, 0.2) is 11.6 Å². The van der Waals surface area contributed by atoms with Gasteiger partial charge in [0.05, 0.1) is 11.6 Å². The molecular weight excluding hydrogens is 208 g/mol. The largest absolute Gasteiger partial charge is 0.309 e. The van der Waals surface area contributed by atoms with Crippen LogP contribution in [0.15, 0.2) is 12.1 Å². The fourth-order valence-electron chi connectivity index (χ4n) is 0.846. The van der Waals surface area contributed by atoms with Crippen LogP contribution in [0.4, 0.5) is 8.78 Å². The van der Waals surface area contributed by atoms with Gasteiger partial charge >= 0.3 is 0 Å². The minimum atomic E-state index is -0.964. The molecule has 1 aromatic carbocycles. The molecule has 0 radical (unpaired) electrons. The van der Waals surface area contributed by atoms with Crippen LogP contribution in [0.3, 0.4) is 0 Å². The van der Waals surface area contributed by atoms with E-state index in [0.717, 1.165) is 12.1 Å². The van der Waals surface area contributed by atoms with E-state index in [1.54, 1.807) is 7.05 Å². The Balaban J connectivity index is 3.00. The Morgan fingerprint density at radius 1 is 1.36 bits per heavy atom. The molecule has 1 nitrogen and oxygen atoms in total. The molecule has 0 saturated heterocycles. The predicted octanol–water partition coefficient (Wildman–Crippen LogP) is 2.19. The summed E-state index contributed by atoms with van der Waals surface area (Å²) in [5, 5.41) is 2.92. The zero-order chi connectivity index (χ0) is 10.6. The van der Waals surface area contributed by atoms with E-state index < -0.39 is 11.6 Å². The van der Waals surface area contributed by atoms with Gasteiger partial charge in [-0.3, -0.25) is 0 Å². The number of rotatable bonds is 1. The van der Waals surface area contributed by atoms with Gasteiger partial charge in [-0.25, -0.2) is 8.78 Å². The number of benzene rings is 1. The molecule has 1 rings (SSSR count). The molecule has 0 saturated carbocycles. The average molecular weight is 216 g/mol. The van der Waals surface area contributed by atoms with Crippen LogP contribution >= 0.6 is 11.6 Å². The van der Waals surface area contributed by atoms with Crippen LogP contribution in [0.5, 0.6) is 0 Å². The SMILES string of the molecule is CNCC#Cc1cc(F)c(F)cc1Cl. The lowest BCUT2D eigenvalue weighted by molar-refractivity contribution is 0.508. The zero-order valence-corrected chi connectivity index (χ0v) is 8.25. The molecule has 0 fully saturated rings. The second-order valence-corrected chi connectivity index (χ2v) is 2.99. The number of halogens is 3. The summed E-state index contributed by atoms with van der Waals surface area (Å²) in [6, 6.07) is 1.90. The summed E-state index contributed by atoms with van der Waals surface area (Å²) in [4.78, 5) is 0. The third kappa shape index (κ3) is 2.69.